The van der Waals surface area contributed by atoms with Crippen molar-refractivity contribution in [1.29, 1.82) is 0 Å². The zero-order valence-electron chi connectivity index (χ0n) is 15.7. The fraction of sp³-hybridized carbons (Fsp3) is 0.333. The molecular weight excluding hydrogens is 330 g/mol. The van der Waals surface area contributed by atoms with Crippen molar-refractivity contribution in [3.8, 4) is 5.75 Å². The molecule has 0 aliphatic heterocycles. The molecule has 1 N–H and O–H groups in total. The Kier molecular flexibility index (Phi) is 6.78. The first-order valence-electron chi connectivity index (χ1n) is 8.56. The van der Waals surface area contributed by atoms with Gasteiger partial charge in [0, 0.05) is 6.54 Å². The van der Waals surface area contributed by atoms with E-state index < -0.39 is 5.97 Å². The molecule has 0 spiro atoms. The van der Waals surface area contributed by atoms with Crippen LogP contribution in [0.2, 0.25) is 0 Å². The molecule has 0 aromatic heterocycles. The molecule has 5 heteroatoms. The summed E-state index contributed by atoms with van der Waals surface area (Å²) < 4.78 is 10.4. The second-order valence-electron chi connectivity index (χ2n) is 6.26. The van der Waals surface area contributed by atoms with E-state index in [0.29, 0.717) is 18.5 Å². The maximum absolute atomic E-state index is 12.3. The number of rotatable bonds is 7. The third-order valence-corrected chi connectivity index (χ3v) is 4.12. The molecule has 1 amide bonds. The van der Waals surface area contributed by atoms with E-state index in [2.05, 4.69) is 5.32 Å². The highest BCUT2D eigenvalue weighted by molar-refractivity contribution is 5.94. The van der Waals surface area contributed by atoms with Crippen LogP contribution in [-0.2, 0) is 16.0 Å². The molecule has 0 aliphatic rings. The van der Waals surface area contributed by atoms with E-state index in [4.69, 9.17) is 9.47 Å². The fourth-order valence-corrected chi connectivity index (χ4v) is 3.00. The molecule has 2 rings (SSSR count). The summed E-state index contributed by atoms with van der Waals surface area (Å²) in [5.74, 6) is -0.00552. The van der Waals surface area contributed by atoms with Crippen molar-refractivity contribution in [3.05, 3.63) is 64.2 Å². The summed E-state index contributed by atoms with van der Waals surface area (Å²) in [5.41, 5.74) is 4.33. The Bertz CT molecular complexity index is 775. The Labute approximate surface area is 154 Å². The number of ether oxygens (including phenoxy) is 2. The third-order valence-electron chi connectivity index (χ3n) is 4.12. The number of benzene rings is 2. The van der Waals surface area contributed by atoms with Gasteiger partial charge in [-0.1, -0.05) is 35.9 Å². The third kappa shape index (κ3) is 5.09. The summed E-state index contributed by atoms with van der Waals surface area (Å²) in [5, 5.41) is 2.76. The summed E-state index contributed by atoms with van der Waals surface area (Å²) in [6.45, 7) is 5.86. The van der Waals surface area contributed by atoms with E-state index >= 15 is 0 Å². The molecule has 0 saturated heterocycles. The fourth-order valence-electron chi connectivity index (χ4n) is 3.00. The number of hydrogen-bond acceptors (Lipinski definition) is 4. The number of amides is 1. The predicted octanol–water partition coefficient (Wildman–Crippen LogP) is 3.14. The Morgan fingerprint density at radius 3 is 2.35 bits per heavy atom. The lowest BCUT2D eigenvalue weighted by atomic mass is 10.00. The Morgan fingerprint density at radius 2 is 1.69 bits per heavy atom. The number of carbonyl (C=O) groups excluding carboxylic acids is 2. The average Bonchev–Trinajstić information content (AvgIpc) is 2.59. The standard InChI is InChI=1S/C21H25NO4/c1-14-11-15(2)20(16(3)12-14)21(24)26-13-19(23)22-10-9-17-7-5-6-8-18(17)25-4/h5-8,11-12H,9-10,13H2,1-4H3,(H,22,23). The van der Waals surface area contributed by atoms with E-state index in [1.807, 2.05) is 57.2 Å². The van der Waals surface area contributed by atoms with Crippen molar-refractivity contribution in [1.82, 2.24) is 5.32 Å². The molecule has 0 unspecified atom stereocenters. The quantitative estimate of drug-likeness (QED) is 0.775. The van der Waals surface area contributed by atoms with Gasteiger partial charge in [-0.2, -0.15) is 0 Å². The lowest BCUT2D eigenvalue weighted by Crippen LogP contribution is -2.30. The molecule has 2 aromatic carbocycles. The normalized spacial score (nSPS) is 10.3. The molecule has 0 radical (unpaired) electrons. The van der Waals surface area contributed by atoms with Gasteiger partial charge < -0.3 is 14.8 Å². The molecule has 0 bridgehead atoms. The highest BCUT2D eigenvalue weighted by Gasteiger charge is 2.15. The van der Waals surface area contributed by atoms with Crippen molar-refractivity contribution < 1.29 is 19.1 Å². The van der Waals surface area contributed by atoms with Gasteiger partial charge in [-0.15, -0.1) is 0 Å². The van der Waals surface area contributed by atoms with Crippen LogP contribution in [0.25, 0.3) is 0 Å². The van der Waals surface area contributed by atoms with Crippen LogP contribution in [0.1, 0.15) is 32.6 Å². The van der Waals surface area contributed by atoms with Crippen molar-refractivity contribution in [2.75, 3.05) is 20.3 Å². The van der Waals surface area contributed by atoms with Crippen LogP contribution in [0.5, 0.6) is 5.75 Å². The summed E-state index contributed by atoms with van der Waals surface area (Å²) >= 11 is 0. The Morgan fingerprint density at radius 1 is 1.04 bits per heavy atom. The summed E-state index contributed by atoms with van der Waals surface area (Å²) in [6, 6.07) is 11.5. The van der Waals surface area contributed by atoms with Gasteiger partial charge in [-0.05, 0) is 49.9 Å². The first-order valence-corrected chi connectivity index (χ1v) is 8.56. The molecule has 138 valence electrons. The molecular formula is C21H25NO4. The first kappa shape index (κ1) is 19.5. The van der Waals surface area contributed by atoms with Crippen LogP contribution in [0, 0.1) is 20.8 Å². The van der Waals surface area contributed by atoms with Crippen LogP contribution in [-0.4, -0.2) is 32.1 Å². The Balaban J connectivity index is 1.83. The van der Waals surface area contributed by atoms with Crippen molar-refractivity contribution in [2.45, 2.75) is 27.2 Å². The number of methoxy groups -OCH3 is 1. The monoisotopic (exact) mass is 355 g/mol. The maximum atomic E-state index is 12.3. The number of hydrogen-bond donors (Lipinski definition) is 1. The molecule has 0 fully saturated rings. The second kappa shape index (κ2) is 9.04. The second-order valence-corrected chi connectivity index (χ2v) is 6.26. The van der Waals surface area contributed by atoms with Gasteiger partial charge in [0.25, 0.3) is 5.91 Å². The van der Waals surface area contributed by atoms with Crippen molar-refractivity contribution >= 4 is 11.9 Å². The molecule has 0 heterocycles. The highest BCUT2D eigenvalue weighted by Crippen LogP contribution is 2.18. The smallest absolute Gasteiger partial charge is 0.339 e. The van der Waals surface area contributed by atoms with Gasteiger partial charge >= 0.3 is 5.97 Å². The van der Waals surface area contributed by atoms with Crippen molar-refractivity contribution in [2.24, 2.45) is 0 Å². The van der Waals surface area contributed by atoms with E-state index in [-0.39, 0.29) is 12.5 Å². The molecule has 0 atom stereocenters. The van der Waals surface area contributed by atoms with E-state index in [1.165, 1.54) is 0 Å². The SMILES string of the molecule is COc1ccccc1CCNC(=O)COC(=O)c1c(C)cc(C)cc1C. The average molecular weight is 355 g/mol. The molecule has 26 heavy (non-hydrogen) atoms. The van der Waals surface area contributed by atoms with Gasteiger partial charge in [-0.3, -0.25) is 4.79 Å². The van der Waals surface area contributed by atoms with E-state index in [1.54, 1.807) is 7.11 Å². The number of para-hydroxylation sites is 1. The minimum atomic E-state index is -0.472. The lowest BCUT2D eigenvalue weighted by molar-refractivity contribution is -0.124. The van der Waals surface area contributed by atoms with Crippen LogP contribution in [0.15, 0.2) is 36.4 Å². The zero-order chi connectivity index (χ0) is 19.1. The molecule has 2 aromatic rings. The molecule has 5 nitrogen and oxygen atoms in total. The van der Waals surface area contributed by atoms with Crippen LogP contribution in [0.4, 0.5) is 0 Å². The molecule has 0 saturated carbocycles. The van der Waals surface area contributed by atoms with Crippen LogP contribution in [0.3, 0.4) is 0 Å². The predicted molar refractivity (Wildman–Crippen MR) is 101 cm³/mol. The zero-order valence-corrected chi connectivity index (χ0v) is 15.7. The number of nitrogens with one attached hydrogen (secondary N) is 1. The van der Waals surface area contributed by atoms with Gasteiger partial charge in [0.05, 0.1) is 12.7 Å². The largest absolute Gasteiger partial charge is 0.496 e. The lowest BCUT2D eigenvalue weighted by Gasteiger charge is -2.12. The maximum Gasteiger partial charge on any atom is 0.339 e. The van der Waals surface area contributed by atoms with Gasteiger partial charge in [0.15, 0.2) is 6.61 Å². The minimum absolute atomic E-state index is 0.294. The van der Waals surface area contributed by atoms with Gasteiger partial charge in [-0.25, -0.2) is 4.79 Å². The first-order chi connectivity index (χ1) is 12.4. The number of esters is 1. The van der Waals surface area contributed by atoms with Gasteiger partial charge in [0.1, 0.15) is 5.75 Å². The molecule has 0 aliphatic carbocycles. The Hall–Kier alpha value is -2.82. The van der Waals surface area contributed by atoms with E-state index in [0.717, 1.165) is 28.0 Å². The highest BCUT2D eigenvalue weighted by atomic mass is 16.5. The number of carbonyl (C=O) groups is 2. The number of aryl methyl sites for hydroxylation is 3. The summed E-state index contributed by atoms with van der Waals surface area (Å²) in [7, 11) is 1.62. The minimum Gasteiger partial charge on any atom is -0.496 e. The van der Waals surface area contributed by atoms with Crippen LogP contribution < -0.4 is 10.1 Å². The van der Waals surface area contributed by atoms with Crippen molar-refractivity contribution in [3.63, 3.8) is 0 Å². The topological polar surface area (TPSA) is 64.6 Å². The van der Waals surface area contributed by atoms with Gasteiger partial charge in [0.2, 0.25) is 0 Å². The summed E-state index contributed by atoms with van der Waals surface area (Å²) in [4.78, 5) is 24.2. The summed E-state index contributed by atoms with van der Waals surface area (Å²) in [6.07, 6.45) is 0.639. The van der Waals surface area contributed by atoms with E-state index in [9.17, 15) is 9.59 Å². The van der Waals surface area contributed by atoms with Crippen LogP contribution >= 0.6 is 0 Å².